The second-order valence-electron chi connectivity index (χ2n) is 5.96. The van der Waals surface area contributed by atoms with Gasteiger partial charge in [-0.25, -0.2) is 0 Å². The molecule has 0 aliphatic heterocycles. The van der Waals surface area contributed by atoms with Crippen molar-refractivity contribution in [2.24, 2.45) is 4.99 Å². The fraction of sp³-hybridized carbons (Fsp3) is 0.190. The van der Waals surface area contributed by atoms with Gasteiger partial charge in [-0.3, -0.25) is 4.99 Å². The Bertz CT molecular complexity index is 826. The molecule has 0 radical (unpaired) electrons. The third kappa shape index (κ3) is 3.42. The number of aryl methyl sites for hydroxylation is 2. The second-order valence-corrected chi connectivity index (χ2v) is 5.96. The maximum Gasteiger partial charge on any atom is 0.0639 e. The number of hydrogen-bond donors (Lipinski definition) is 0. The average Bonchev–Trinajstić information content (AvgIpc) is 2.82. The zero-order chi connectivity index (χ0) is 16.2. The minimum absolute atomic E-state index is 0.717. The monoisotopic (exact) mass is 302 g/mol. The summed E-state index contributed by atoms with van der Waals surface area (Å²) in [6.45, 7) is 7.14. The molecule has 0 fully saturated rings. The molecule has 0 atom stereocenters. The topological polar surface area (TPSA) is 17.3 Å². The maximum atomic E-state index is 4.60. The molecule has 0 amide bonds. The van der Waals surface area contributed by atoms with Gasteiger partial charge in [-0.2, -0.15) is 0 Å². The summed E-state index contributed by atoms with van der Waals surface area (Å²) in [5, 5.41) is 0. The number of aliphatic imine (C=N–C) groups is 1. The Morgan fingerprint density at radius 3 is 2.43 bits per heavy atom. The SMILES string of the molecule is Cc1cccc(-n2c(C)cc(C=NCc3ccccc3)c2C)c1. The van der Waals surface area contributed by atoms with Crippen LogP contribution in [0.2, 0.25) is 0 Å². The van der Waals surface area contributed by atoms with Crippen molar-refractivity contribution < 1.29 is 0 Å². The molecular formula is C21H22N2. The number of rotatable bonds is 4. The first-order valence-electron chi connectivity index (χ1n) is 7.95. The van der Waals surface area contributed by atoms with E-state index in [-0.39, 0.29) is 0 Å². The van der Waals surface area contributed by atoms with Crippen molar-refractivity contribution in [3.05, 3.63) is 88.7 Å². The highest BCUT2D eigenvalue weighted by molar-refractivity contribution is 5.82. The molecule has 3 aromatic rings. The predicted octanol–water partition coefficient (Wildman–Crippen LogP) is 5.02. The molecule has 2 heteroatoms. The number of nitrogens with zero attached hydrogens (tertiary/aromatic N) is 2. The molecule has 0 bridgehead atoms. The van der Waals surface area contributed by atoms with E-state index in [1.807, 2.05) is 12.3 Å². The summed E-state index contributed by atoms with van der Waals surface area (Å²) >= 11 is 0. The number of aromatic nitrogens is 1. The molecule has 0 spiro atoms. The Morgan fingerprint density at radius 2 is 1.70 bits per heavy atom. The van der Waals surface area contributed by atoms with Gasteiger partial charge in [0, 0.05) is 28.9 Å². The lowest BCUT2D eigenvalue weighted by molar-refractivity contribution is 0.962. The van der Waals surface area contributed by atoms with Crippen LogP contribution in [0.15, 0.2) is 65.7 Å². The fourth-order valence-corrected chi connectivity index (χ4v) is 2.92. The van der Waals surface area contributed by atoms with Crippen LogP contribution in [0.25, 0.3) is 5.69 Å². The van der Waals surface area contributed by atoms with E-state index in [4.69, 9.17) is 0 Å². The Labute approximate surface area is 138 Å². The predicted molar refractivity (Wildman–Crippen MR) is 97.7 cm³/mol. The van der Waals surface area contributed by atoms with Crippen molar-refractivity contribution in [2.45, 2.75) is 27.3 Å². The van der Waals surface area contributed by atoms with Crippen LogP contribution in [-0.4, -0.2) is 10.8 Å². The minimum atomic E-state index is 0.717. The first-order chi connectivity index (χ1) is 11.1. The maximum absolute atomic E-state index is 4.60. The van der Waals surface area contributed by atoms with Crippen LogP contribution in [0.5, 0.6) is 0 Å². The second kappa shape index (κ2) is 6.66. The highest BCUT2D eigenvalue weighted by Crippen LogP contribution is 2.20. The van der Waals surface area contributed by atoms with Crippen molar-refractivity contribution in [2.75, 3.05) is 0 Å². The lowest BCUT2D eigenvalue weighted by atomic mass is 10.2. The van der Waals surface area contributed by atoms with E-state index in [9.17, 15) is 0 Å². The third-order valence-electron chi connectivity index (χ3n) is 4.08. The summed E-state index contributed by atoms with van der Waals surface area (Å²) in [6.07, 6.45) is 1.99. The Kier molecular flexibility index (Phi) is 4.42. The lowest BCUT2D eigenvalue weighted by Crippen LogP contribution is -1.99. The summed E-state index contributed by atoms with van der Waals surface area (Å²) < 4.78 is 2.29. The summed E-state index contributed by atoms with van der Waals surface area (Å²) in [6, 6.07) is 21.1. The van der Waals surface area contributed by atoms with Crippen LogP contribution < -0.4 is 0 Å². The van der Waals surface area contributed by atoms with Crippen LogP contribution in [-0.2, 0) is 6.54 Å². The van der Waals surface area contributed by atoms with Crippen LogP contribution in [0.3, 0.4) is 0 Å². The summed E-state index contributed by atoms with van der Waals surface area (Å²) in [7, 11) is 0. The van der Waals surface area contributed by atoms with Crippen molar-refractivity contribution in [1.82, 2.24) is 4.57 Å². The van der Waals surface area contributed by atoms with Crippen LogP contribution in [0.4, 0.5) is 0 Å². The van der Waals surface area contributed by atoms with Crippen molar-refractivity contribution >= 4 is 6.21 Å². The normalized spacial score (nSPS) is 11.3. The van der Waals surface area contributed by atoms with Crippen molar-refractivity contribution in [3.8, 4) is 5.69 Å². The third-order valence-corrected chi connectivity index (χ3v) is 4.08. The molecule has 116 valence electrons. The molecule has 0 aliphatic carbocycles. The van der Waals surface area contributed by atoms with Gasteiger partial charge in [-0.05, 0) is 50.1 Å². The van der Waals surface area contributed by atoms with Crippen molar-refractivity contribution in [1.29, 1.82) is 0 Å². The molecular weight excluding hydrogens is 280 g/mol. The Balaban J connectivity index is 1.86. The van der Waals surface area contributed by atoms with E-state index < -0.39 is 0 Å². The molecule has 0 aliphatic rings. The fourth-order valence-electron chi connectivity index (χ4n) is 2.92. The molecule has 3 rings (SSSR count). The standard InChI is InChI=1S/C21H22N2/c1-16-8-7-11-21(12-16)23-17(2)13-20(18(23)3)15-22-14-19-9-5-4-6-10-19/h4-13,15H,14H2,1-3H3. The number of benzene rings is 2. The molecule has 2 aromatic carbocycles. The summed E-state index contributed by atoms with van der Waals surface area (Å²) in [4.78, 5) is 4.60. The zero-order valence-electron chi connectivity index (χ0n) is 14.0. The molecule has 1 heterocycles. The molecule has 0 N–H and O–H groups in total. The molecule has 0 saturated heterocycles. The van der Waals surface area contributed by atoms with Gasteiger partial charge in [0.2, 0.25) is 0 Å². The van der Waals surface area contributed by atoms with E-state index in [1.54, 1.807) is 0 Å². The average molecular weight is 302 g/mol. The Hall–Kier alpha value is -2.61. The highest BCUT2D eigenvalue weighted by atomic mass is 15.0. The van der Waals surface area contributed by atoms with Gasteiger partial charge in [0.05, 0.1) is 6.54 Å². The zero-order valence-corrected chi connectivity index (χ0v) is 14.0. The van der Waals surface area contributed by atoms with Gasteiger partial charge in [0.1, 0.15) is 0 Å². The quantitative estimate of drug-likeness (QED) is 0.602. The first kappa shape index (κ1) is 15.3. The van der Waals surface area contributed by atoms with Crippen LogP contribution in [0.1, 0.15) is 28.1 Å². The van der Waals surface area contributed by atoms with E-state index in [2.05, 4.69) is 84.9 Å². The summed E-state index contributed by atoms with van der Waals surface area (Å²) in [5.74, 6) is 0. The van der Waals surface area contributed by atoms with Gasteiger partial charge in [0.25, 0.3) is 0 Å². The van der Waals surface area contributed by atoms with Gasteiger partial charge in [0.15, 0.2) is 0 Å². The first-order valence-corrected chi connectivity index (χ1v) is 7.95. The minimum Gasteiger partial charge on any atom is -0.318 e. The highest BCUT2D eigenvalue weighted by Gasteiger charge is 2.09. The van der Waals surface area contributed by atoms with Gasteiger partial charge in [-0.1, -0.05) is 42.5 Å². The summed E-state index contributed by atoms with van der Waals surface area (Å²) in [5.41, 5.74) is 7.35. The van der Waals surface area contributed by atoms with Crippen molar-refractivity contribution in [3.63, 3.8) is 0 Å². The molecule has 0 saturated carbocycles. The van der Waals surface area contributed by atoms with E-state index in [0.29, 0.717) is 0 Å². The van der Waals surface area contributed by atoms with Crippen LogP contribution >= 0.6 is 0 Å². The Morgan fingerprint density at radius 1 is 0.913 bits per heavy atom. The van der Waals surface area contributed by atoms with Gasteiger partial charge in [-0.15, -0.1) is 0 Å². The van der Waals surface area contributed by atoms with E-state index in [0.717, 1.165) is 6.54 Å². The van der Waals surface area contributed by atoms with Crippen LogP contribution in [0, 0.1) is 20.8 Å². The smallest absolute Gasteiger partial charge is 0.0639 e. The number of hydrogen-bond acceptors (Lipinski definition) is 1. The molecule has 1 aromatic heterocycles. The molecule has 0 unspecified atom stereocenters. The van der Waals surface area contributed by atoms with E-state index >= 15 is 0 Å². The largest absolute Gasteiger partial charge is 0.318 e. The van der Waals surface area contributed by atoms with Gasteiger partial charge < -0.3 is 4.57 Å². The lowest BCUT2D eigenvalue weighted by Gasteiger charge is -2.10. The van der Waals surface area contributed by atoms with E-state index in [1.165, 1.54) is 33.8 Å². The molecule has 2 nitrogen and oxygen atoms in total. The van der Waals surface area contributed by atoms with Gasteiger partial charge >= 0.3 is 0 Å². The molecule has 23 heavy (non-hydrogen) atoms.